The van der Waals surface area contributed by atoms with E-state index in [4.69, 9.17) is 0 Å². The first-order chi connectivity index (χ1) is 12.9. The summed E-state index contributed by atoms with van der Waals surface area (Å²) in [7, 11) is -4.04. The lowest BCUT2D eigenvalue weighted by molar-refractivity contribution is -0.384. The zero-order chi connectivity index (χ0) is 21.2. The average Bonchev–Trinajstić information content (AvgIpc) is 2.58. The van der Waals surface area contributed by atoms with Gasteiger partial charge in [-0.1, -0.05) is 6.07 Å². The van der Waals surface area contributed by atoms with E-state index in [1.807, 2.05) is 0 Å². The molecule has 0 bridgehead atoms. The Bertz CT molecular complexity index is 1040. The number of hydrogen-bond acceptors (Lipinski definition) is 5. The van der Waals surface area contributed by atoms with Gasteiger partial charge in [0.2, 0.25) is 15.9 Å². The highest BCUT2D eigenvalue weighted by molar-refractivity contribution is 7.92. The number of halogens is 2. The number of benzene rings is 2. The van der Waals surface area contributed by atoms with E-state index < -0.39 is 38.5 Å². The summed E-state index contributed by atoms with van der Waals surface area (Å²) < 4.78 is 51.7. The largest absolute Gasteiger partial charge is 0.324 e. The second-order valence-electron chi connectivity index (χ2n) is 6.08. The van der Waals surface area contributed by atoms with Crippen molar-refractivity contribution in [1.82, 2.24) is 0 Å². The standard InChI is InChI=1S/C17H17F2N3O5S/c1-10-4-5-13(22(24)25)9-16(10)20-17(23)11(2)21(28(3,26)27)12-6-7-14(18)15(19)8-12/h4-9,11H,1-3H3,(H,20,23). The number of nitrogens with one attached hydrogen (secondary N) is 1. The lowest BCUT2D eigenvalue weighted by atomic mass is 10.1. The molecule has 11 heteroatoms. The van der Waals surface area contributed by atoms with Crippen molar-refractivity contribution in [3.8, 4) is 0 Å². The van der Waals surface area contributed by atoms with Crippen LogP contribution in [0.3, 0.4) is 0 Å². The van der Waals surface area contributed by atoms with Crippen molar-refractivity contribution in [2.45, 2.75) is 19.9 Å². The fourth-order valence-corrected chi connectivity index (χ4v) is 3.69. The van der Waals surface area contributed by atoms with E-state index in [-0.39, 0.29) is 17.1 Å². The van der Waals surface area contributed by atoms with Crippen LogP contribution in [0.25, 0.3) is 0 Å². The quantitative estimate of drug-likeness (QED) is 0.578. The summed E-state index contributed by atoms with van der Waals surface area (Å²) in [4.78, 5) is 22.9. The van der Waals surface area contributed by atoms with Gasteiger partial charge >= 0.3 is 0 Å². The number of sulfonamides is 1. The Hall–Kier alpha value is -3.08. The molecule has 8 nitrogen and oxygen atoms in total. The van der Waals surface area contributed by atoms with Gasteiger partial charge in [-0.3, -0.25) is 19.2 Å². The van der Waals surface area contributed by atoms with Crippen molar-refractivity contribution in [3.63, 3.8) is 0 Å². The van der Waals surface area contributed by atoms with Gasteiger partial charge in [-0.15, -0.1) is 0 Å². The van der Waals surface area contributed by atoms with Crippen molar-refractivity contribution in [3.05, 3.63) is 63.7 Å². The fraction of sp³-hybridized carbons (Fsp3) is 0.235. The van der Waals surface area contributed by atoms with Crippen LogP contribution in [-0.2, 0) is 14.8 Å². The van der Waals surface area contributed by atoms with E-state index in [0.29, 0.717) is 15.9 Å². The van der Waals surface area contributed by atoms with E-state index >= 15 is 0 Å². The number of aryl methyl sites for hydroxylation is 1. The van der Waals surface area contributed by atoms with E-state index in [2.05, 4.69) is 5.32 Å². The van der Waals surface area contributed by atoms with Crippen molar-refractivity contribution in [1.29, 1.82) is 0 Å². The Morgan fingerprint density at radius 1 is 1.18 bits per heavy atom. The summed E-state index contributed by atoms with van der Waals surface area (Å²) in [6.07, 6.45) is 0.816. The average molecular weight is 413 g/mol. The summed E-state index contributed by atoms with van der Waals surface area (Å²) in [5, 5.41) is 13.3. The van der Waals surface area contributed by atoms with Crippen molar-refractivity contribution in [2.24, 2.45) is 0 Å². The molecule has 2 aromatic carbocycles. The minimum Gasteiger partial charge on any atom is -0.324 e. The monoisotopic (exact) mass is 413 g/mol. The third-order valence-electron chi connectivity index (χ3n) is 3.94. The van der Waals surface area contributed by atoms with Crippen LogP contribution in [0.1, 0.15) is 12.5 Å². The van der Waals surface area contributed by atoms with Gasteiger partial charge in [0.15, 0.2) is 11.6 Å². The third kappa shape index (κ3) is 4.60. The van der Waals surface area contributed by atoms with Crippen molar-refractivity contribution < 1.29 is 26.9 Å². The zero-order valence-corrected chi connectivity index (χ0v) is 16.0. The van der Waals surface area contributed by atoms with Gasteiger partial charge in [-0.05, 0) is 31.5 Å². The highest BCUT2D eigenvalue weighted by Crippen LogP contribution is 2.25. The number of non-ortho nitro benzene ring substituents is 1. The molecule has 0 heterocycles. The van der Waals surface area contributed by atoms with E-state index in [9.17, 15) is 32.1 Å². The van der Waals surface area contributed by atoms with Crippen LogP contribution in [-0.4, -0.2) is 31.5 Å². The predicted molar refractivity (Wildman–Crippen MR) is 99.6 cm³/mol. The third-order valence-corrected chi connectivity index (χ3v) is 5.18. The molecule has 1 unspecified atom stereocenters. The molecule has 1 atom stereocenters. The molecule has 0 saturated heterocycles. The first kappa shape index (κ1) is 21.2. The SMILES string of the molecule is Cc1ccc([N+](=O)[O-])cc1NC(=O)C(C)N(c1ccc(F)c(F)c1)S(C)(=O)=O. The molecule has 2 aromatic rings. The number of rotatable bonds is 6. The molecule has 1 amide bonds. The minimum atomic E-state index is -4.04. The summed E-state index contributed by atoms with van der Waals surface area (Å²) in [6.45, 7) is 2.86. The maximum Gasteiger partial charge on any atom is 0.271 e. The summed E-state index contributed by atoms with van der Waals surface area (Å²) >= 11 is 0. The van der Waals surface area contributed by atoms with Crippen LogP contribution in [0, 0.1) is 28.7 Å². The number of hydrogen-bond donors (Lipinski definition) is 1. The molecule has 0 radical (unpaired) electrons. The van der Waals surface area contributed by atoms with Crippen LogP contribution in [0.15, 0.2) is 36.4 Å². The minimum absolute atomic E-state index is 0.129. The van der Waals surface area contributed by atoms with Crippen molar-refractivity contribution >= 4 is 33.0 Å². The molecule has 0 aliphatic rings. The highest BCUT2D eigenvalue weighted by atomic mass is 32.2. The van der Waals surface area contributed by atoms with Gasteiger partial charge in [0, 0.05) is 18.2 Å². The summed E-state index contributed by atoms with van der Waals surface area (Å²) in [5.41, 5.74) is 0.156. The lowest BCUT2D eigenvalue weighted by Gasteiger charge is -2.28. The smallest absolute Gasteiger partial charge is 0.271 e. The van der Waals surface area contributed by atoms with Crippen LogP contribution < -0.4 is 9.62 Å². The fourth-order valence-electron chi connectivity index (χ4n) is 2.53. The topological polar surface area (TPSA) is 110 Å². The number of nitro benzene ring substituents is 1. The van der Waals surface area contributed by atoms with E-state index in [1.165, 1.54) is 19.1 Å². The van der Waals surface area contributed by atoms with Crippen LogP contribution in [0.5, 0.6) is 0 Å². The Kier molecular flexibility index (Phi) is 5.98. The normalized spacial score (nSPS) is 12.3. The molecule has 0 aliphatic carbocycles. The maximum absolute atomic E-state index is 13.6. The zero-order valence-electron chi connectivity index (χ0n) is 15.1. The molecule has 150 valence electrons. The molecular weight excluding hydrogens is 396 g/mol. The number of nitro groups is 1. The van der Waals surface area contributed by atoms with E-state index in [0.717, 1.165) is 24.5 Å². The summed E-state index contributed by atoms with van der Waals surface area (Å²) in [5.74, 6) is -3.24. The molecule has 2 rings (SSSR count). The van der Waals surface area contributed by atoms with Gasteiger partial charge in [-0.2, -0.15) is 0 Å². The van der Waals surface area contributed by atoms with Crippen LogP contribution >= 0.6 is 0 Å². The summed E-state index contributed by atoms with van der Waals surface area (Å²) in [6, 6.07) is 4.93. The molecule has 0 fully saturated rings. The van der Waals surface area contributed by atoms with Crippen LogP contribution in [0.2, 0.25) is 0 Å². The molecule has 0 spiro atoms. The highest BCUT2D eigenvalue weighted by Gasteiger charge is 2.30. The molecule has 28 heavy (non-hydrogen) atoms. The molecule has 0 aliphatic heterocycles. The van der Waals surface area contributed by atoms with Crippen LogP contribution in [0.4, 0.5) is 25.8 Å². The van der Waals surface area contributed by atoms with E-state index in [1.54, 1.807) is 6.92 Å². The number of anilines is 2. The second-order valence-corrected chi connectivity index (χ2v) is 7.94. The van der Waals surface area contributed by atoms with Gasteiger partial charge in [0.1, 0.15) is 6.04 Å². The molecule has 0 aromatic heterocycles. The Morgan fingerprint density at radius 3 is 2.36 bits per heavy atom. The number of carbonyl (C=O) groups is 1. The second kappa shape index (κ2) is 7.89. The van der Waals surface area contributed by atoms with Gasteiger partial charge < -0.3 is 5.32 Å². The number of nitrogens with zero attached hydrogens (tertiary/aromatic N) is 2. The van der Waals surface area contributed by atoms with Gasteiger partial charge in [-0.25, -0.2) is 17.2 Å². The Labute approximate surface area is 160 Å². The number of carbonyl (C=O) groups excluding carboxylic acids is 1. The van der Waals surface area contributed by atoms with Gasteiger partial charge in [0.05, 0.1) is 22.6 Å². The predicted octanol–water partition coefficient (Wildman–Crippen LogP) is 2.97. The van der Waals surface area contributed by atoms with Gasteiger partial charge in [0.25, 0.3) is 5.69 Å². The first-order valence-corrected chi connectivity index (χ1v) is 9.77. The first-order valence-electron chi connectivity index (χ1n) is 7.92. The lowest BCUT2D eigenvalue weighted by Crippen LogP contribution is -2.45. The molecule has 0 saturated carbocycles. The Morgan fingerprint density at radius 2 is 1.82 bits per heavy atom. The molecule has 1 N–H and O–H groups in total. The molecular formula is C17H17F2N3O5S. The Balaban J connectivity index is 2.38. The van der Waals surface area contributed by atoms with Crippen molar-refractivity contribution in [2.75, 3.05) is 15.9 Å². The number of amides is 1. The maximum atomic E-state index is 13.6.